The van der Waals surface area contributed by atoms with E-state index in [1.807, 2.05) is 0 Å². The molecule has 0 aliphatic rings. The molecule has 0 spiro atoms. The molecule has 0 heterocycles. The van der Waals surface area contributed by atoms with Crippen molar-refractivity contribution in [1.29, 1.82) is 0 Å². The van der Waals surface area contributed by atoms with Gasteiger partial charge in [0.25, 0.3) is 5.91 Å². The van der Waals surface area contributed by atoms with Gasteiger partial charge in [-0.3, -0.25) is 4.79 Å². The van der Waals surface area contributed by atoms with E-state index in [-0.39, 0.29) is 12.2 Å². The van der Waals surface area contributed by atoms with E-state index >= 15 is 0 Å². The number of hydrogen-bond acceptors (Lipinski definition) is 3. The molecule has 4 nitrogen and oxygen atoms in total. The van der Waals surface area contributed by atoms with Crippen molar-refractivity contribution in [2.45, 2.75) is 19.7 Å². The molecule has 0 bridgehead atoms. The maximum atomic E-state index is 12.7. The Kier molecular flexibility index (Phi) is 5.46. The number of hydrogen-bond donors (Lipinski definition) is 2. The monoisotopic (exact) mass is 339 g/mol. The molecule has 0 saturated heterocycles. The molecule has 2 N–H and O–H groups in total. The second kappa shape index (κ2) is 7.35. The van der Waals surface area contributed by atoms with Gasteiger partial charge >= 0.3 is 6.18 Å². The molecule has 0 radical (unpaired) electrons. The van der Waals surface area contributed by atoms with E-state index in [0.717, 1.165) is 12.1 Å². The average molecular weight is 339 g/mol. The lowest BCUT2D eigenvalue weighted by molar-refractivity contribution is -0.137. The predicted molar refractivity (Wildman–Crippen MR) is 82.9 cm³/mol. The van der Waals surface area contributed by atoms with Crippen molar-refractivity contribution in [2.24, 2.45) is 0 Å². The molecule has 0 aliphatic carbocycles. The lowest BCUT2D eigenvalue weighted by atomic mass is 10.1. The number of amides is 1. The van der Waals surface area contributed by atoms with E-state index < -0.39 is 17.6 Å². The SMILES string of the molecule is CCOc1ccc(NC(=O)c2cccc(C(F)(F)F)c2)cc1CO. The van der Waals surface area contributed by atoms with Crippen LogP contribution in [-0.4, -0.2) is 17.6 Å². The third-order valence-electron chi connectivity index (χ3n) is 3.24. The van der Waals surface area contributed by atoms with E-state index in [0.29, 0.717) is 23.6 Å². The van der Waals surface area contributed by atoms with Crippen LogP contribution in [0, 0.1) is 0 Å². The van der Waals surface area contributed by atoms with Gasteiger partial charge in [-0.15, -0.1) is 0 Å². The van der Waals surface area contributed by atoms with Gasteiger partial charge in [-0.05, 0) is 43.3 Å². The van der Waals surface area contributed by atoms with Gasteiger partial charge < -0.3 is 15.2 Å². The zero-order valence-electron chi connectivity index (χ0n) is 12.9. The Bertz CT molecular complexity index is 729. The van der Waals surface area contributed by atoms with Gasteiger partial charge in [0.2, 0.25) is 0 Å². The summed E-state index contributed by atoms with van der Waals surface area (Å²) in [5.74, 6) is -0.189. The first-order chi connectivity index (χ1) is 11.3. The Hall–Kier alpha value is -2.54. The topological polar surface area (TPSA) is 58.6 Å². The number of anilines is 1. The van der Waals surface area contributed by atoms with E-state index in [1.54, 1.807) is 19.1 Å². The second-order valence-electron chi connectivity index (χ2n) is 4.95. The maximum Gasteiger partial charge on any atom is 0.416 e. The molecular formula is C17H16F3NO3. The smallest absolute Gasteiger partial charge is 0.416 e. The van der Waals surface area contributed by atoms with Crippen molar-refractivity contribution in [2.75, 3.05) is 11.9 Å². The van der Waals surface area contributed by atoms with Crippen LogP contribution in [0.15, 0.2) is 42.5 Å². The summed E-state index contributed by atoms with van der Waals surface area (Å²) in [5.41, 5.74) is -0.175. The van der Waals surface area contributed by atoms with Crippen LogP contribution >= 0.6 is 0 Å². The van der Waals surface area contributed by atoms with Crippen molar-refractivity contribution < 1.29 is 27.8 Å². The van der Waals surface area contributed by atoms with Crippen molar-refractivity contribution in [1.82, 2.24) is 0 Å². The van der Waals surface area contributed by atoms with Crippen LogP contribution in [0.1, 0.15) is 28.4 Å². The van der Waals surface area contributed by atoms with Crippen molar-refractivity contribution in [3.63, 3.8) is 0 Å². The fraction of sp³-hybridized carbons (Fsp3) is 0.235. The summed E-state index contributed by atoms with van der Waals surface area (Å²) in [5, 5.41) is 11.8. The fourth-order valence-electron chi connectivity index (χ4n) is 2.12. The molecule has 0 atom stereocenters. The van der Waals surface area contributed by atoms with E-state index in [2.05, 4.69) is 5.32 Å². The quantitative estimate of drug-likeness (QED) is 0.870. The van der Waals surface area contributed by atoms with Gasteiger partial charge in [0.1, 0.15) is 5.75 Å². The molecular weight excluding hydrogens is 323 g/mol. The summed E-state index contributed by atoms with van der Waals surface area (Å²) in [6, 6.07) is 8.80. The van der Waals surface area contributed by atoms with Gasteiger partial charge in [0.05, 0.1) is 18.8 Å². The van der Waals surface area contributed by atoms with Gasteiger partial charge in [0, 0.05) is 16.8 Å². The van der Waals surface area contributed by atoms with Gasteiger partial charge in [-0.1, -0.05) is 6.07 Å². The zero-order chi connectivity index (χ0) is 17.7. The van der Waals surface area contributed by atoms with Crippen LogP contribution in [0.5, 0.6) is 5.75 Å². The third-order valence-corrected chi connectivity index (χ3v) is 3.24. The normalized spacial score (nSPS) is 11.2. The summed E-state index contributed by atoms with van der Waals surface area (Å²) in [6.45, 7) is 1.93. The minimum atomic E-state index is -4.51. The number of aliphatic hydroxyl groups is 1. The lowest BCUT2D eigenvalue weighted by Crippen LogP contribution is -2.14. The maximum absolute atomic E-state index is 12.7. The van der Waals surface area contributed by atoms with Crippen LogP contribution in [0.4, 0.5) is 18.9 Å². The molecule has 24 heavy (non-hydrogen) atoms. The molecule has 2 rings (SSSR count). The fourth-order valence-corrected chi connectivity index (χ4v) is 2.12. The average Bonchev–Trinajstić information content (AvgIpc) is 2.55. The van der Waals surface area contributed by atoms with Crippen LogP contribution in [0.3, 0.4) is 0 Å². The third kappa shape index (κ3) is 4.26. The van der Waals surface area contributed by atoms with Crippen molar-refractivity contribution in [3.05, 3.63) is 59.2 Å². The molecule has 0 fully saturated rings. The summed E-state index contributed by atoms with van der Waals surface area (Å²) < 4.78 is 43.4. The second-order valence-corrected chi connectivity index (χ2v) is 4.95. The molecule has 128 valence electrons. The van der Waals surface area contributed by atoms with Gasteiger partial charge in [-0.2, -0.15) is 13.2 Å². The molecule has 2 aromatic rings. The van der Waals surface area contributed by atoms with Crippen LogP contribution < -0.4 is 10.1 Å². The first-order valence-electron chi connectivity index (χ1n) is 7.20. The van der Waals surface area contributed by atoms with E-state index in [9.17, 15) is 23.1 Å². The first kappa shape index (κ1) is 17.8. The Morgan fingerprint density at radius 3 is 2.58 bits per heavy atom. The molecule has 0 aromatic heterocycles. The standard InChI is InChI=1S/C17H16F3NO3/c1-2-24-15-7-6-14(9-12(15)10-22)21-16(23)11-4-3-5-13(8-11)17(18,19)20/h3-9,22H,2,10H2,1H3,(H,21,23). The first-order valence-corrected chi connectivity index (χ1v) is 7.20. The lowest BCUT2D eigenvalue weighted by Gasteiger charge is -2.12. The number of carbonyl (C=O) groups is 1. The number of nitrogens with one attached hydrogen (secondary N) is 1. The highest BCUT2D eigenvalue weighted by atomic mass is 19.4. The Labute approximate surface area is 136 Å². The molecule has 1 amide bonds. The highest BCUT2D eigenvalue weighted by Crippen LogP contribution is 2.30. The minimum absolute atomic E-state index is 0.107. The molecule has 0 aliphatic heterocycles. The van der Waals surface area contributed by atoms with Gasteiger partial charge in [-0.25, -0.2) is 0 Å². The van der Waals surface area contributed by atoms with Crippen LogP contribution in [-0.2, 0) is 12.8 Å². The van der Waals surface area contributed by atoms with Crippen molar-refractivity contribution >= 4 is 11.6 Å². The van der Waals surface area contributed by atoms with E-state index in [4.69, 9.17) is 4.74 Å². The van der Waals surface area contributed by atoms with Crippen LogP contribution in [0.25, 0.3) is 0 Å². The molecule has 0 unspecified atom stereocenters. The van der Waals surface area contributed by atoms with E-state index in [1.165, 1.54) is 18.2 Å². The number of halogens is 3. The summed E-state index contributed by atoms with van der Waals surface area (Å²) >= 11 is 0. The highest BCUT2D eigenvalue weighted by Gasteiger charge is 2.30. The highest BCUT2D eigenvalue weighted by molar-refractivity contribution is 6.04. The zero-order valence-corrected chi connectivity index (χ0v) is 12.9. The summed E-state index contributed by atoms with van der Waals surface area (Å²) in [4.78, 5) is 12.1. The Morgan fingerprint density at radius 1 is 1.21 bits per heavy atom. The summed E-state index contributed by atoms with van der Waals surface area (Å²) in [7, 11) is 0. The number of aliphatic hydroxyl groups excluding tert-OH is 1. The summed E-state index contributed by atoms with van der Waals surface area (Å²) in [6.07, 6.45) is -4.51. The number of benzene rings is 2. The Balaban J connectivity index is 2.21. The predicted octanol–water partition coefficient (Wildman–Crippen LogP) is 3.85. The van der Waals surface area contributed by atoms with Gasteiger partial charge in [0.15, 0.2) is 0 Å². The van der Waals surface area contributed by atoms with Crippen LogP contribution in [0.2, 0.25) is 0 Å². The van der Waals surface area contributed by atoms with Crippen molar-refractivity contribution in [3.8, 4) is 5.75 Å². The molecule has 2 aromatic carbocycles. The molecule has 7 heteroatoms. The minimum Gasteiger partial charge on any atom is -0.494 e. The number of carbonyl (C=O) groups excluding carboxylic acids is 1. The Morgan fingerprint density at radius 2 is 1.96 bits per heavy atom. The molecule has 0 saturated carbocycles. The number of rotatable bonds is 5. The largest absolute Gasteiger partial charge is 0.494 e. The number of alkyl halides is 3. The number of ether oxygens (including phenoxy) is 1.